The van der Waals surface area contributed by atoms with Gasteiger partial charge in [-0.2, -0.15) is 0 Å². The van der Waals surface area contributed by atoms with Gasteiger partial charge >= 0.3 is 5.97 Å². The smallest absolute Gasteiger partial charge is 0.371 e. The van der Waals surface area contributed by atoms with E-state index in [0.29, 0.717) is 0 Å². The van der Waals surface area contributed by atoms with Crippen molar-refractivity contribution in [1.29, 1.82) is 0 Å². The fourth-order valence-electron chi connectivity index (χ4n) is 1.44. The number of carboxylic acids is 1. The number of phenolic OH excluding ortho intramolecular Hbond substituents is 1. The fraction of sp³-hybridized carbons (Fsp3) is 0.0909. The van der Waals surface area contributed by atoms with E-state index in [9.17, 15) is 14.7 Å². The number of aromatic hydroxyl groups is 1. The monoisotopic (exact) mass is 236 g/mol. The molecule has 2 rings (SSSR count). The SMILES string of the molecule is COc1cc2oc(C(=O)O)cc(=O)c2cc1O. The van der Waals surface area contributed by atoms with Gasteiger partial charge in [0.1, 0.15) is 5.58 Å². The molecule has 1 heterocycles. The molecule has 88 valence electrons. The summed E-state index contributed by atoms with van der Waals surface area (Å²) in [6.07, 6.45) is 0. The Balaban J connectivity index is 2.83. The highest BCUT2D eigenvalue weighted by Crippen LogP contribution is 2.29. The molecule has 0 spiro atoms. The molecule has 17 heavy (non-hydrogen) atoms. The Labute approximate surface area is 94.7 Å². The van der Waals surface area contributed by atoms with Crippen molar-refractivity contribution in [2.45, 2.75) is 0 Å². The van der Waals surface area contributed by atoms with Crippen molar-refractivity contribution in [1.82, 2.24) is 0 Å². The van der Waals surface area contributed by atoms with Gasteiger partial charge in [-0.3, -0.25) is 4.79 Å². The van der Waals surface area contributed by atoms with Crippen molar-refractivity contribution in [3.8, 4) is 11.5 Å². The molecule has 0 radical (unpaired) electrons. The first kappa shape index (κ1) is 11.0. The van der Waals surface area contributed by atoms with Gasteiger partial charge in [0.2, 0.25) is 5.76 Å². The third-order valence-electron chi connectivity index (χ3n) is 2.24. The summed E-state index contributed by atoms with van der Waals surface area (Å²) in [6.45, 7) is 0. The second kappa shape index (κ2) is 3.82. The lowest BCUT2D eigenvalue weighted by molar-refractivity contribution is 0.0663. The van der Waals surface area contributed by atoms with Crippen molar-refractivity contribution in [3.05, 3.63) is 34.2 Å². The number of phenols is 1. The normalized spacial score (nSPS) is 10.4. The summed E-state index contributed by atoms with van der Waals surface area (Å²) < 4.78 is 9.84. The molecule has 2 aromatic rings. The van der Waals surface area contributed by atoms with Gasteiger partial charge in [0.15, 0.2) is 16.9 Å². The predicted molar refractivity (Wildman–Crippen MR) is 57.7 cm³/mol. The maximum absolute atomic E-state index is 11.6. The summed E-state index contributed by atoms with van der Waals surface area (Å²) in [5.41, 5.74) is -0.494. The van der Waals surface area contributed by atoms with Crippen LogP contribution in [0.3, 0.4) is 0 Å². The molecule has 0 unspecified atom stereocenters. The lowest BCUT2D eigenvalue weighted by Crippen LogP contribution is -2.06. The third-order valence-corrected chi connectivity index (χ3v) is 2.24. The van der Waals surface area contributed by atoms with Crippen molar-refractivity contribution >= 4 is 16.9 Å². The number of benzene rings is 1. The number of hydrogen-bond donors (Lipinski definition) is 2. The van der Waals surface area contributed by atoms with Crippen LogP contribution in [0.5, 0.6) is 11.5 Å². The van der Waals surface area contributed by atoms with E-state index in [4.69, 9.17) is 14.3 Å². The van der Waals surface area contributed by atoms with Crippen LogP contribution in [0.1, 0.15) is 10.6 Å². The summed E-state index contributed by atoms with van der Waals surface area (Å²) >= 11 is 0. The number of hydrogen-bond acceptors (Lipinski definition) is 5. The highest BCUT2D eigenvalue weighted by atomic mass is 16.5. The van der Waals surface area contributed by atoms with Gasteiger partial charge in [0.25, 0.3) is 0 Å². The van der Waals surface area contributed by atoms with E-state index in [1.54, 1.807) is 0 Å². The Bertz CT molecular complexity index is 655. The van der Waals surface area contributed by atoms with Crippen molar-refractivity contribution in [2.75, 3.05) is 7.11 Å². The Hall–Kier alpha value is -2.50. The fourth-order valence-corrected chi connectivity index (χ4v) is 1.44. The van der Waals surface area contributed by atoms with Crippen molar-refractivity contribution in [3.63, 3.8) is 0 Å². The van der Waals surface area contributed by atoms with E-state index in [0.717, 1.165) is 6.07 Å². The van der Waals surface area contributed by atoms with E-state index < -0.39 is 17.2 Å². The van der Waals surface area contributed by atoms with Crippen LogP contribution in [0.2, 0.25) is 0 Å². The van der Waals surface area contributed by atoms with Crippen LogP contribution in [0.4, 0.5) is 0 Å². The molecule has 1 aromatic heterocycles. The van der Waals surface area contributed by atoms with Gasteiger partial charge in [-0.25, -0.2) is 4.79 Å². The van der Waals surface area contributed by atoms with Crippen molar-refractivity contribution < 1.29 is 24.2 Å². The molecule has 6 nitrogen and oxygen atoms in total. The van der Waals surface area contributed by atoms with Crippen LogP contribution in [-0.4, -0.2) is 23.3 Å². The molecule has 0 aliphatic heterocycles. The zero-order valence-electron chi connectivity index (χ0n) is 8.76. The molecule has 2 N–H and O–H groups in total. The number of methoxy groups -OCH3 is 1. The number of ether oxygens (including phenoxy) is 1. The first-order valence-electron chi connectivity index (χ1n) is 4.61. The van der Waals surface area contributed by atoms with E-state index >= 15 is 0 Å². The standard InChI is InChI=1S/C11H8O6/c1-16-9-4-8-5(2-7(9)13)6(12)3-10(17-8)11(14)15/h2-4,13H,1H3,(H,14,15). The lowest BCUT2D eigenvalue weighted by Gasteiger charge is -2.04. The van der Waals surface area contributed by atoms with Crippen molar-refractivity contribution in [2.24, 2.45) is 0 Å². The quantitative estimate of drug-likeness (QED) is 0.813. The van der Waals surface area contributed by atoms with E-state index in [2.05, 4.69) is 0 Å². The Kier molecular flexibility index (Phi) is 2.47. The maximum Gasteiger partial charge on any atom is 0.371 e. The molecular formula is C11H8O6. The largest absolute Gasteiger partial charge is 0.504 e. The first-order chi connectivity index (χ1) is 8.02. The number of aromatic carboxylic acids is 1. The van der Waals surface area contributed by atoms with Crippen LogP contribution in [0.25, 0.3) is 11.0 Å². The van der Waals surface area contributed by atoms with E-state index in [-0.39, 0.29) is 22.5 Å². The minimum absolute atomic E-state index is 0.0459. The third kappa shape index (κ3) is 1.80. The van der Waals surface area contributed by atoms with Gasteiger partial charge in [0.05, 0.1) is 12.5 Å². The first-order valence-corrected chi connectivity index (χ1v) is 4.61. The summed E-state index contributed by atoms with van der Waals surface area (Å²) in [6, 6.07) is 3.29. The average Bonchev–Trinajstić information content (AvgIpc) is 2.29. The Morgan fingerprint density at radius 1 is 1.35 bits per heavy atom. The molecule has 0 saturated heterocycles. The van der Waals surface area contributed by atoms with Crippen LogP contribution in [0.15, 0.2) is 27.4 Å². The molecule has 0 aliphatic rings. The second-order valence-electron chi connectivity index (χ2n) is 3.30. The molecule has 0 bridgehead atoms. The minimum atomic E-state index is -1.34. The molecule has 0 aliphatic carbocycles. The number of carbonyl (C=O) groups is 1. The summed E-state index contributed by atoms with van der Waals surface area (Å²) in [5.74, 6) is -1.91. The van der Waals surface area contributed by atoms with Crippen LogP contribution in [0, 0.1) is 0 Å². The highest BCUT2D eigenvalue weighted by molar-refractivity contribution is 5.88. The van der Waals surface area contributed by atoms with E-state index in [1.807, 2.05) is 0 Å². The Morgan fingerprint density at radius 2 is 2.06 bits per heavy atom. The van der Waals surface area contributed by atoms with Gasteiger partial charge in [-0.05, 0) is 6.07 Å². The molecule has 1 aromatic carbocycles. The number of carboxylic acid groups (broad SMARTS) is 1. The van der Waals surface area contributed by atoms with Crippen LogP contribution >= 0.6 is 0 Å². The number of rotatable bonds is 2. The molecule has 0 atom stereocenters. The van der Waals surface area contributed by atoms with Gasteiger partial charge < -0.3 is 19.4 Å². The van der Waals surface area contributed by atoms with Gasteiger partial charge in [0, 0.05) is 12.1 Å². The maximum atomic E-state index is 11.6. The minimum Gasteiger partial charge on any atom is -0.504 e. The molecule has 0 fully saturated rings. The summed E-state index contributed by atoms with van der Waals surface area (Å²) in [5, 5.41) is 18.3. The zero-order chi connectivity index (χ0) is 12.6. The lowest BCUT2D eigenvalue weighted by atomic mass is 10.2. The average molecular weight is 236 g/mol. The zero-order valence-corrected chi connectivity index (χ0v) is 8.76. The summed E-state index contributed by atoms with van der Waals surface area (Å²) in [7, 11) is 1.33. The van der Waals surface area contributed by atoms with Crippen LogP contribution < -0.4 is 10.2 Å². The summed E-state index contributed by atoms with van der Waals surface area (Å²) in [4.78, 5) is 22.3. The Morgan fingerprint density at radius 3 is 2.65 bits per heavy atom. The van der Waals surface area contributed by atoms with Crippen LogP contribution in [-0.2, 0) is 0 Å². The predicted octanol–water partition coefficient (Wildman–Crippen LogP) is 1.21. The van der Waals surface area contributed by atoms with Gasteiger partial charge in [-0.1, -0.05) is 0 Å². The molecule has 0 saturated carbocycles. The van der Waals surface area contributed by atoms with E-state index in [1.165, 1.54) is 19.2 Å². The second-order valence-corrected chi connectivity index (χ2v) is 3.30. The molecule has 0 amide bonds. The molecular weight excluding hydrogens is 228 g/mol. The number of fused-ring (bicyclic) bond motifs is 1. The molecule has 6 heteroatoms. The van der Waals surface area contributed by atoms with Gasteiger partial charge in [-0.15, -0.1) is 0 Å². The topological polar surface area (TPSA) is 97.0 Å². The highest BCUT2D eigenvalue weighted by Gasteiger charge is 2.13.